The molecule has 0 saturated carbocycles. The highest BCUT2D eigenvalue weighted by molar-refractivity contribution is 9.10. The Labute approximate surface area is 116 Å². The second-order valence-electron chi connectivity index (χ2n) is 3.20. The number of thiocarbonyl (C=S) groups is 1. The highest BCUT2D eigenvalue weighted by Crippen LogP contribution is 2.23. The van der Waals surface area contributed by atoms with E-state index in [-0.39, 0.29) is 0 Å². The van der Waals surface area contributed by atoms with Crippen LogP contribution in [0.25, 0.3) is 0 Å². The van der Waals surface area contributed by atoms with E-state index in [1.54, 1.807) is 23.6 Å². The molecule has 0 aliphatic carbocycles. The minimum Gasteiger partial charge on any atom is -0.389 e. The molecule has 2 heterocycles. The van der Waals surface area contributed by atoms with Crippen LogP contribution in [0.15, 0.2) is 28.2 Å². The molecule has 88 valence electrons. The van der Waals surface area contributed by atoms with Gasteiger partial charge in [-0.05, 0) is 33.4 Å². The molecule has 2 aromatic rings. The van der Waals surface area contributed by atoms with Gasteiger partial charge in [0.2, 0.25) is 0 Å². The molecule has 0 aromatic carbocycles. The normalized spacial score (nSPS) is 10.2. The second kappa shape index (κ2) is 5.52. The molecule has 2 rings (SSSR count). The molecule has 0 radical (unpaired) electrons. The average Bonchev–Trinajstić information content (AvgIpc) is 2.72. The van der Waals surface area contributed by atoms with Gasteiger partial charge in [-0.25, -0.2) is 0 Å². The van der Waals surface area contributed by atoms with Crippen molar-refractivity contribution in [2.24, 2.45) is 5.73 Å². The van der Waals surface area contributed by atoms with Gasteiger partial charge in [0.05, 0.1) is 18.3 Å². The largest absolute Gasteiger partial charge is 0.389 e. The predicted molar refractivity (Wildman–Crippen MR) is 77.3 cm³/mol. The van der Waals surface area contributed by atoms with Crippen molar-refractivity contribution in [3.8, 4) is 0 Å². The standard InChI is InChI=1S/C10H9BrN4S2/c11-7-2-4-17-8(7)5-13-10-6(9(12)16)1-3-14-15-10/h1-4H,5H2,(H2,12,16)(H,13,15). The molecule has 2 aromatic heterocycles. The summed E-state index contributed by atoms with van der Waals surface area (Å²) in [6, 6.07) is 3.76. The summed E-state index contributed by atoms with van der Waals surface area (Å²) in [5.74, 6) is 0.611. The average molecular weight is 329 g/mol. The van der Waals surface area contributed by atoms with Gasteiger partial charge in [-0.1, -0.05) is 12.2 Å². The second-order valence-corrected chi connectivity index (χ2v) is 5.50. The number of halogens is 1. The van der Waals surface area contributed by atoms with Gasteiger partial charge in [-0.15, -0.1) is 16.4 Å². The summed E-state index contributed by atoms with van der Waals surface area (Å²) in [6.45, 7) is 0.659. The number of anilines is 1. The van der Waals surface area contributed by atoms with Crippen molar-refractivity contribution in [3.63, 3.8) is 0 Å². The van der Waals surface area contributed by atoms with Crippen LogP contribution >= 0.6 is 39.5 Å². The van der Waals surface area contributed by atoms with E-state index in [0.29, 0.717) is 22.9 Å². The molecule has 0 spiro atoms. The molecule has 7 heteroatoms. The number of rotatable bonds is 4. The monoisotopic (exact) mass is 328 g/mol. The van der Waals surface area contributed by atoms with Gasteiger partial charge in [0.15, 0.2) is 5.82 Å². The molecule has 0 fully saturated rings. The van der Waals surface area contributed by atoms with Crippen molar-refractivity contribution >= 4 is 50.3 Å². The maximum atomic E-state index is 5.61. The van der Waals surface area contributed by atoms with E-state index in [2.05, 4.69) is 31.4 Å². The lowest BCUT2D eigenvalue weighted by atomic mass is 10.3. The third kappa shape index (κ3) is 2.99. The number of nitrogens with zero attached hydrogens (tertiary/aromatic N) is 2. The molecular weight excluding hydrogens is 320 g/mol. The minimum absolute atomic E-state index is 0.313. The van der Waals surface area contributed by atoms with Gasteiger partial charge in [-0.2, -0.15) is 5.10 Å². The minimum atomic E-state index is 0.313. The molecule has 0 atom stereocenters. The third-order valence-electron chi connectivity index (χ3n) is 2.09. The highest BCUT2D eigenvalue weighted by atomic mass is 79.9. The van der Waals surface area contributed by atoms with Crippen LogP contribution in [0, 0.1) is 0 Å². The summed E-state index contributed by atoms with van der Waals surface area (Å²) in [5, 5.41) is 13.0. The number of hydrogen-bond acceptors (Lipinski definition) is 5. The molecule has 0 unspecified atom stereocenters. The molecule has 4 nitrogen and oxygen atoms in total. The molecule has 17 heavy (non-hydrogen) atoms. The van der Waals surface area contributed by atoms with Crippen LogP contribution in [-0.2, 0) is 6.54 Å². The van der Waals surface area contributed by atoms with E-state index < -0.39 is 0 Å². The Morgan fingerprint density at radius 1 is 1.53 bits per heavy atom. The Hall–Kier alpha value is -1.05. The zero-order valence-corrected chi connectivity index (χ0v) is 11.9. The molecule has 0 aliphatic heterocycles. The fourth-order valence-electron chi connectivity index (χ4n) is 1.28. The summed E-state index contributed by atoms with van der Waals surface area (Å²) >= 11 is 10.1. The molecule has 0 aliphatic rings. The van der Waals surface area contributed by atoms with E-state index in [9.17, 15) is 0 Å². The van der Waals surface area contributed by atoms with Crippen molar-refractivity contribution in [1.82, 2.24) is 10.2 Å². The van der Waals surface area contributed by atoms with Gasteiger partial charge in [0, 0.05) is 9.35 Å². The van der Waals surface area contributed by atoms with Crippen LogP contribution in [0.3, 0.4) is 0 Å². The third-order valence-corrected chi connectivity index (χ3v) is 4.24. The topological polar surface area (TPSA) is 63.8 Å². The summed E-state index contributed by atoms with van der Waals surface area (Å²) < 4.78 is 1.08. The maximum absolute atomic E-state index is 5.61. The zero-order chi connectivity index (χ0) is 12.3. The van der Waals surface area contributed by atoms with Crippen molar-refractivity contribution in [1.29, 1.82) is 0 Å². The summed E-state index contributed by atoms with van der Waals surface area (Å²) in [6.07, 6.45) is 1.57. The van der Waals surface area contributed by atoms with Crippen molar-refractivity contribution < 1.29 is 0 Å². The summed E-state index contributed by atoms with van der Waals surface area (Å²) in [7, 11) is 0. The number of hydrogen-bond donors (Lipinski definition) is 2. The van der Waals surface area contributed by atoms with Crippen LogP contribution in [0.4, 0.5) is 5.82 Å². The Bertz CT molecular complexity index is 541. The Morgan fingerprint density at radius 3 is 3.00 bits per heavy atom. The van der Waals surface area contributed by atoms with Crippen molar-refractivity contribution in [2.45, 2.75) is 6.54 Å². The van der Waals surface area contributed by atoms with Gasteiger partial charge in [0.25, 0.3) is 0 Å². The molecule has 3 N–H and O–H groups in total. The Morgan fingerprint density at radius 2 is 2.35 bits per heavy atom. The van der Waals surface area contributed by atoms with Gasteiger partial charge >= 0.3 is 0 Å². The van der Waals surface area contributed by atoms with Crippen molar-refractivity contribution in [3.05, 3.63) is 38.6 Å². The lowest BCUT2D eigenvalue weighted by Gasteiger charge is -2.08. The number of thiophene rings is 1. The number of nitrogens with two attached hydrogens (primary N) is 1. The fraction of sp³-hybridized carbons (Fsp3) is 0.100. The summed E-state index contributed by atoms with van der Waals surface area (Å²) in [4.78, 5) is 1.50. The van der Waals surface area contributed by atoms with E-state index >= 15 is 0 Å². The Kier molecular flexibility index (Phi) is 4.03. The summed E-state index contributed by atoms with van der Waals surface area (Å²) in [5.41, 5.74) is 6.32. The Balaban J connectivity index is 2.14. The zero-order valence-electron chi connectivity index (χ0n) is 8.68. The molecule has 0 saturated heterocycles. The van der Waals surface area contributed by atoms with Gasteiger partial charge < -0.3 is 11.1 Å². The fourth-order valence-corrected chi connectivity index (χ4v) is 2.87. The highest BCUT2D eigenvalue weighted by Gasteiger charge is 2.07. The van der Waals surface area contributed by atoms with Gasteiger partial charge in [-0.3, -0.25) is 0 Å². The van der Waals surface area contributed by atoms with Gasteiger partial charge in [0.1, 0.15) is 4.99 Å². The first-order valence-corrected chi connectivity index (χ1v) is 6.84. The SMILES string of the molecule is NC(=S)c1ccnnc1NCc1sccc1Br. The molecule has 0 bridgehead atoms. The van der Waals surface area contributed by atoms with Crippen LogP contribution < -0.4 is 11.1 Å². The van der Waals surface area contributed by atoms with E-state index in [1.165, 1.54) is 4.88 Å². The first kappa shape index (κ1) is 12.4. The van der Waals surface area contributed by atoms with E-state index in [4.69, 9.17) is 18.0 Å². The maximum Gasteiger partial charge on any atom is 0.159 e. The lowest BCUT2D eigenvalue weighted by molar-refractivity contribution is 1.00. The quantitative estimate of drug-likeness (QED) is 0.844. The first-order chi connectivity index (χ1) is 8.18. The van der Waals surface area contributed by atoms with E-state index in [0.717, 1.165) is 4.47 Å². The van der Waals surface area contributed by atoms with Crippen molar-refractivity contribution in [2.75, 3.05) is 5.32 Å². The number of nitrogens with one attached hydrogen (secondary N) is 1. The molecular formula is C10H9BrN4S2. The predicted octanol–water partition coefficient (Wildman–Crippen LogP) is 2.55. The number of aromatic nitrogens is 2. The smallest absolute Gasteiger partial charge is 0.159 e. The molecule has 0 amide bonds. The first-order valence-electron chi connectivity index (χ1n) is 4.75. The van der Waals surface area contributed by atoms with Crippen LogP contribution in [-0.4, -0.2) is 15.2 Å². The van der Waals surface area contributed by atoms with E-state index in [1.807, 2.05) is 11.4 Å². The van der Waals surface area contributed by atoms with Crippen LogP contribution in [0.1, 0.15) is 10.4 Å². The van der Waals surface area contributed by atoms with Crippen LogP contribution in [0.5, 0.6) is 0 Å². The lowest BCUT2D eigenvalue weighted by Crippen LogP contribution is -2.14. The van der Waals surface area contributed by atoms with Crippen LogP contribution in [0.2, 0.25) is 0 Å².